The molecule has 24 heavy (non-hydrogen) atoms. The number of pyridine rings is 1. The second-order valence-electron chi connectivity index (χ2n) is 5.03. The molecular weight excluding hydrogens is 309 g/mol. The predicted molar refractivity (Wildman–Crippen MR) is 87.2 cm³/mol. The molecule has 0 saturated carbocycles. The van der Waals surface area contributed by atoms with Crippen LogP contribution < -0.4 is 11.1 Å². The van der Waals surface area contributed by atoms with Gasteiger partial charge in [0.1, 0.15) is 11.6 Å². The second kappa shape index (κ2) is 6.82. The number of rotatable bonds is 4. The summed E-state index contributed by atoms with van der Waals surface area (Å²) in [5, 5.41) is 2.70. The van der Waals surface area contributed by atoms with Crippen LogP contribution in [-0.2, 0) is 6.54 Å². The van der Waals surface area contributed by atoms with Crippen LogP contribution in [0.2, 0.25) is 0 Å². The summed E-state index contributed by atoms with van der Waals surface area (Å²) in [7, 11) is 0. The van der Waals surface area contributed by atoms with Gasteiger partial charge in [-0.15, -0.1) is 0 Å². The third-order valence-electron chi connectivity index (χ3n) is 3.35. The van der Waals surface area contributed by atoms with Gasteiger partial charge in [-0.1, -0.05) is 6.07 Å². The van der Waals surface area contributed by atoms with E-state index in [9.17, 15) is 9.18 Å². The molecule has 0 spiro atoms. The molecule has 1 aromatic carbocycles. The number of benzene rings is 1. The Morgan fingerprint density at radius 1 is 1.08 bits per heavy atom. The largest absolute Gasteiger partial charge is 0.383 e. The highest BCUT2D eigenvalue weighted by Gasteiger charge is 2.11. The molecule has 0 aliphatic heterocycles. The molecule has 6 nitrogen and oxygen atoms in total. The van der Waals surface area contributed by atoms with Gasteiger partial charge in [-0.2, -0.15) is 0 Å². The number of nitrogens with zero attached hydrogens (tertiary/aromatic N) is 3. The topological polar surface area (TPSA) is 93.8 Å². The quantitative estimate of drug-likeness (QED) is 0.767. The number of nitrogens with two attached hydrogens (primary N) is 1. The Kier molecular flexibility index (Phi) is 4.42. The lowest BCUT2D eigenvalue weighted by Gasteiger charge is -2.08. The highest BCUT2D eigenvalue weighted by atomic mass is 19.1. The Morgan fingerprint density at radius 2 is 1.83 bits per heavy atom. The average molecular weight is 323 g/mol. The summed E-state index contributed by atoms with van der Waals surface area (Å²) in [6.45, 7) is 0.201. The predicted octanol–water partition coefficient (Wildman–Crippen LogP) is 2.19. The van der Waals surface area contributed by atoms with E-state index in [4.69, 9.17) is 5.73 Å². The zero-order valence-electron chi connectivity index (χ0n) is 12.6. The van der Waals surface area contributed by atoms with Gasteiger partial charge in [0.05, 0.1) is 0 Å². The van der Waals surface area contributed by atoms with Gasteiger partial charge in [0.25, 0.3) is 5.91 Å². The second-order valence-corrected chi connectivity index (χ2v) is 5.03. The van der Waals surface area contributed by atoms with Gasteiger partial charge < -0.3 is 11.1 Å². The maximum atomic E-state index is 13.8. The first-order valence-electron chi connectivity index (χ1n) is 7.19. The van der Waals surface area contributed by atoms with E-state index in [2.05, 4.69) is 20.3 Å². The van der Waals surface area contributed by atoms with Crippen molar-refractivity contribution in [3.8, 4) is 11.4 Å². The monoisotopic (exact) mass is 323 g/mol. The van der Waals surface area contributed by atoms with Crippen molar-refractivity contribution in [2.45, 2.75) is 6.54 Å². The minimum atomic E-state index is -0.536. The Labute approximate surface area is 137 Å². The fraction of sp³-hybridized carbons (Fsp3) is 0.0588. The average Bonchev–Trinajstić information content (AvgIpc) is 2.61. The number of aromatic nitrogens is 3. The third kappa shape index (κ3) is 3.52. The number of hydrogen-bond acceptors (Lipinski definition) is 5. The minimum absolute atomic E-state index is 0.180. The molecule has 0 fully saturated rings. The van der Waals surface area contributed by atoms with Gasteiger partial charge in [-0.05, 0) is 30.3 Å². The van der Waals surface area contributed by atoms with Crippen LogP contribution >= 0.6 is 0 Å². The minimum Gasteiger partial charge on any atom is -0.383 e. The number of nitrogen functional groups attached to an aromatic ring is 1. The van der Waals surface area contributed by atoms with Gasteiger partial charge in [0, 0.05) is 41.8 Å². The van der Waals surface area contributed by atoms with Crippen LogP contribution in [0.4, 0.5) is 10.2 Å². The Bertz CT molecular complexity index is 870. The Balaban J connectivity index is 1.80. The van der Waals surface area contributed by atoms with E-state index in [1.54, 1.807) is 42.9 Å². The van der Waals surface area contributed by atoms with E-state index in [1.165, 1.54) is 6.07 Å². The number of halogens is 1. The van der Waals surface area contributed by atoms with Crippen molar-refractivity contribution < 1.29 is 9.18 Å². The summed E-state index contributed by atoms with van der Waals surface area (Å²) in [4.78, 5) is 24.4. The van der Waals surface area contributed by atoms with Crippen LogP contribution in [0.3, 0.4) is 0 Å². The van der Waals surface area contributed by atoms with E-state index in [1.807, 2.05) is 0 Å². The molecular formula is C17H14FN5O. The molecule has 2 aromatic heterocycles. The molecule has 3 aromatic rings. The van der Waals surface area contributed by atoms with E-state index >= 15 is 0 Å². The lowest BCUT2D eigenvalue weighted by atomic mass is 10.1. The van der Waals surface area contributed by atoms with Gasteiger partial charge in [-0.3, -0.25) is 4.79 Å². The van der Waals surface area contributed by atoms with E-state index in [-0.39, 0.29) is 12.1 Å². The van der Waals surface area contributed by atoms with Crippen LogP contribution in [-0.4, -0.2) is 20.9 Å². The van der Waals surface area contributed by atoms with E-state index in [0.717, 1.165) is 6.07 Å². The fourth-order valence-electron chi connectivity index (χ4n) is 2.18. The highest BCUT2D eigenvalue weighted by Crippen LogP contribution is 2.18. The number of carbonyl (C=O) groups is 1. The molecule has 3 rings (SSSR count). The molecule has 0 aliphatic rings. The van der Waals surface area contributed by atoms with Crippen LogP contribution in [0.15, 0.2) is 55.0 Å². The summed E-state index contributed by atoms with van der Waals surface area (Å²) in [5.74, 6) is -0.265. The van der Waals surface area contributed by atoms with Crippen molar-refractivity contribution >= 4 is 11.7 Å². The molecule has 0 unspecified atom stereocenters. The van der Waals surface area contributed by atoms with Crippen LogP contribution in [0.1, 0.15) is 15.9 Å². The number of hydrogen-bond donors (Lipinski definition) is 2. The molecule has 0 saturated heterocycles. The molecule has 2 heterocycles. The molecule has 0 atom stereocenters. The first-order valence-corrected chi connectivity index (χ1v) is 7.19. The summed E-state index contributed by atoms with van der Waals surface area (Å²) in [6.07, 6.45) is 4.68. The molecule has 1 amide bonds. The summed E-state index contributed by atoms with van der Waals surface area (Å²) < 4.78 is 13.8. The van der Waals surface area contributed by atoms with Crippen molar-refractivity contribution in [3.05, 3.63) is 71.9 Å². The Morgan fingerprint density at radius 3 is 2.58 bits per heavy atom. The third-order valence-corrected chi connectivity index (χ3v) is 3.35. The van der Waals surface area contributed by atoms with Crippen molar-refractivity contribution in [1.82, 2.24) is 20.3 Å². The summed E-state index contributed by atoms with van der Waals surface area (Å²) in [5.41, 5.74) is 7.03. The van der Waals surface area contributed by atoms with Gasteiger partial charge in [0.2, 0.25) is 0 Å². The highest BCUT2D eigenvalue weighted by molar-refractivity contribution is 5.95. The first kappa shape index (κ1) is 15.5. The number of carbonyl (C=O) groups excluding carboxylic acids is 1. The van der Waals surface area contributed by atoms with Crippen LogP contribution in [0, 0.1) is 5.82 Å². The lowest BCUT2D eigenvalue weighted by Crippen LogP contribution is -2.23. The summed E-state index contributed by atoms with van der Waals surface area (Å²) in [6, 6.07) is 9.14. The maximum Gasteiger partial charge on any atom is 0.251 e. The zero-order chi connectivity index (χ0) is 16.9. The fourth-order valence-corrected chi connectivity index (χ4v) is 2.18. The number of anilines is 1. The number of amides is 1. The lowest BCUT2D eigenvalue weighted by molar-refractivity contribution is 0.0950. The summed E-state index contributed by atoms with van der Waals surface area (Å²) >= 11 is 0. The molecule has 120 valence electrons. The SMILES string of the molecule is Nc1ncccc1CNC(=O)c1cc(F)cc(-c2ncccn2)c1. The number of nitrogens with one attached hydrogen (secondary N) is 1. The smallest absolute Gasteiger partial charge is 0.251 e. The van der Waals surface area contributed by atoms with E-state index < -0.39 is 11.7 Å². The molecule has 0 radical (unpaired) electrons. The van der Waals surface area contributed by atoms with E-state index in [0.29, 0.717) is 22.8 Å². The van der Waals surface area contributed by atoms with Crippen molar-refractivity contribution in [2.24, 2.45) is 0 Å². The van der Waals surface area contributed by atoms with Crippen molar-refractivity contribution in [3.63, 3.8) is 0 Å². The van der Waals surface area contributed by atoms with Crippen molar-refractivity contribution in [1.29, 1.82) is 0 Å². The van der Waals surface area contributed by atoms with Crippen LogP contribution in [0.25, 0.3) is 11.4 Å². The molecule has 0 bridgehead atoms. The standard InChI is InChI=1S/C17H14FN5O/c18-14-8-12(16-21-5-2-6-22-16)7-13(9-14)17(24)23-10-11-3-1-4-20-15(11)19/h1-9H,10H2,(H2,19,20)(H,23,24). The van der Waals surface area contributed by atoms with Gasteiger partial charge >= 0.3 is 0 Å². The molecule has 0 aliphatic carbocycles. The normalized spacial score (nSPS) is 10.4. The van der Waals surface area contributed by atoms with Gasteiger partial charge in [-0.25, -0.2) is 19.3 Å². The first-order chi connectivity index (χ1) is 11.6. The molecule has 7 heteroatoms. The molecule has 3 N–H and O–H groups in total. The van der Waals surface area contributed by atoms with Crippen molar-refractivity contribution in [2.75, 3.05) is 5.73 Å². The van der Waals surface area contributed by atoms with Gasteiger partial charge in [0.15, 0.2) is 5.82 Å². The van der Waals surface area contributed by atoms with Crippen LogP contribution in [0.5, 0.6) is 0 Å². The maximum absolute atomic E-state index is 13.8. The Hall–Kier alpha value is -3.35. The zero-order valence-corrected chi connectivity index (χ0v) is 12.6.